The number of unbranched alkanes of at least 4 members (excludes halogenated alkanes) is 1. The van der Waals surface area contributed by atoms with Crippen molar-refractivity contribution < 1.29 is 4.74 Å². The van der Waals surface area contributed by atoms with Crippen molar-refractivity contribution in [2.24, 2.45) is 5.10 Å². The Labute approximate surface area is 219 Å². The monoisotopic (exact) mass is 601 g/mol. The van der Waals surface area contributed by atoms with Crippen LogP contribution in [0.2, 0.25) is 5.02 Å². The van der Waals surface area contributed by atoms with E-state index < -0.39 is 0 Å². The van der Waals surface area contributed by atoms with Crippen LogP contribution in [0.15, 0.2) is 79.5 Å². The smallest absolute Gasteiger partial charge is 0.282 e. The number of hydrogen-bond acceptors (Lipinski definition) is 4. The number of nitrogens with zero attached hydrogens (tertiary/aromatic N) is 3. The highest BCUT2D eigenvalue weighted by atomic mass is 79.9. The second kappa shape index (κ2) is 11.3. The molecule has 0 N–H and O–H groups in total. The molecule has 34 heavy (non-hydrogen) atoms. The van der Waals surface area contributed by atoms with Gasteiger partial charge in [-0.3, -0.25) is 4.79 Å². The average molecular weight is 604 g/mol. The van der Waals surface area contributed by atoms with Crippen LogP contribution in [0.1, 0.15) is 36.7 Å². The van der Waals surface area contributed by atoms with Crippen LogP contribution < -0.4 is 10.3 Å². The van der Waals surface area contributed by atoms with E-state index in [1.165, 1.54) is 4.68 Å². The molecule has 5 nitrogen and oxygen atoms in total. The van der Waals surface area contributed by atoms with Crippen molar-refractivity contribution >= 4 is 60.6 Å². The maximum atomic E-state index is 13.2. The predicted molar refractivity (Wildman–Crippen MR) is 145 cm³/mol. The number of hydrogen-bond donors (Lipinski definition) is 0. The maximum absolute atomic E-state index is 13.2. The highest BCUT2D eigenvalue weighted by Gasteiger charge is 2.11. The molecule has 1 aromatic heterocycles. The predicted octanol–water partition coefficient (Wildman–Crippen LogP) is 7.38. The van der Waals surface area contributed by atoms with Gasteiger partial charge in [0.25, 0.3) is 5.56 Å². The normalized spacial score (nSPS) is 11.4. The fourth-order valence-electron chi connectivity index (χ4n) is 3.39. The van der Waals surface area contributed by atoms with Crippen molar-refractivity contribution in [3.63, 3.8) is 0 Å². The van der Waals surface area contributed by atoms with Crippen molar-refractivity contribution in [2.45, 2.75) is 32.8 Å². The van der Waals surface area contributed by atoms with Crippen molar-refractivity contribution in [3.05, 3.63) is 102 Å². The lowest BCUT2D eigenvalue weighted by molar-refractivity contribution is 0.304. The Morgan fingerprint density at radius 1 is 1.09 bits per heavy atom. The van der Waals surface area contributed by atoms with E-state index in [0.29, 0.717) is 40.5 Å². The quantitative estimate of drug-likeness (QED) is 0.198. The summed E-state index contributed by atoms with van der Waals surface area (Å²) in [5, 5.41) is 5.73. The number of aryl methyl sites for hydroxylation is 1. The van der Waals surface area contributed by atoms with Crippen LogP contribution in [-0.2, 0) is 13.0 Å². The molecule has 4 rings (SSSR count). The molecular formula is C26H22Br2ClN3O2. The number of ether oxygens (including phenoxy) is 1. The second-order valence-corrected chi connectivity index (χ2v) is 9.97. The summed E-state index contributed by atoms with van der Waals surface area (Å²) >= 11 is 12.9. The summed E-state index contributed by atoms with van der Waals surface area (Å²) in [7, 11) is 0. The van der Waals surface area contributed by atoms with E-state index in [2.05, 4.69) is 43.9 Å². The molecule has 0 saturated heterocycles. The molecule has 0 aliphatic heterocycles. The first-order valence-electron chi connectivity index (χ1n) is 10.9. The standard InChI is InChI=1S/C26H22Br2ClN3O2/c1-2-3-4-25-31-23-11-8-19(27)14-21(23)26(33)32(25)30-15-18-7-12-24(22(28)13-18)34-16-17-5-9-20(29)10-6-17/h5-15H,2-4,16H2,1H3. The molecule has 4 aromatic rings. The van der Waals surface area contributed by atoms with E-state index in [1.807, 2.05) is 54.6 Å². The molecule has 3 aromatic carbocycles. The van der Waals surface area contributed by atoms with Crippen molar-refractivity contribution in [1.29, 1.82) is 0 Å². The van der Waals surface area contributed by atoms with Gasteiger partial charge in [-0.2, -0.15) is 9.78 Å². The van der Waals surface area contributed by atoms with Gasteiger partial charge in [0, 0.05) is 15.9 Å². The number of benzene rings is 3. The van der Waals surface area contributed by atoms with Gasteiger partial charge in [-0.05, 0) is 82.0 Å². The lowest BCUT2D eigenvalue weighted by Gasteiger charge is -2.10. The van der Waals surface area contributed by atoms with E-state index in [-0.39, 0.29) is 5.56 Å². The highest BCUT2D eigenvalue weighted by molar-refractivity contribution is 9.10. The minimum Gasteiger partial charge on any atom is -0.488 e. The van der Waals surface area contributed by atoms with Crippen LogP contribution in [0.3, 0.4) is 0 Å². The van der Waals surface area contributed by atoms with E-state index in [9.17, 15) is 4.79 Å². The van der Waals surface area contributed by atoms with Crippen LogP contribution in [0, 0.1) is 0 Å². The third-order valence-corrected chi connectivity index (χ3v) is 6.58. The van der Waals surface area contributed by atoms with Gasteiger partial charge < -0.3 is 4.74 Å². The minimum absolute atomic E-state index is 0.185. The largest absolute Gasteiger partial charge is 0.488 e. The molecule has 0 spiro atoms. The molecule has 0 unspecified atom stereocenters. The molecule has 174 valence electrons. The molecular weight excluding hydrogens is 582 g/mol. The summed E-state index contributed by atoms with van der Waals surface area (Å²) in [6.45, 7) is 2.54. The summed E-state index contributed by atoms with van der Waals surface area (Å²) in [6, 6.07) is 18.7. The van der Waals surface area contributed by atoms with Gasteiger partial charge in [-0.25, -0.2) is 4.98 Å². The van der Waals surface area contributed by atoms with Gasteiger partial charge >= 0.3 is 0 Å². The summed E-state index contributed by atoms with van der Waals surface area (Å²) < 4.78 is 8.95. The average Bonchev–Trinajstić information content (AvgIpc) is 2.83. The number of fused-ring (bicyclic) bond motifs is 1. The van der Waals surface area contributed by atoms with Crippen LogP contribution >= 0.6 is 43.5 Å². The van der Waals surface area contributed by atoms with Crippen LogP contribution in [0.25, 0.3) is 10.9 Å². The van der Waals surface area contributed by atoms with Gasteiger partial charge in [0.05, 0.1) is 21.6 Å². The van der Waals surface area contributed by atoms with E-state index in [4.69, 9.17) is 21.3 Å². The minimum atomic E-state index is -0.185. The third kappa shape index (κ3) is 5.95. The Morgan fingerprint density at radius 2 is 1.88 bits per heavy atom. The molecule has 0 aliphatic rings. The Kier molecular flexibility index (Phi) is 8.19. The Morgan fingerprint density at radius 3 is 2.62 bits per heavy atom. The van der Waals surface area contributed by atoms with E-state index in [0.717, 1.165) is 32.9 Å². The van der Waals surface area contributed by atoms with Gasteiger partial charge in [0.1, 0.15) is 18.2 Å². The number of halogens is 3. The van der Waals surface area contributed by atoms with Gasteiger partial charge in [0.15, 0.2) is 0 Å². The maximum Gasteiger partial charge on any atom is 0.282 e. The van der Waals surface area contributed by atoms with Crippen LogP contribution in [0.5, 0.6) is 5.75 Å². The lowest BCUT2D eigenvalue weighted by atomic mass is 10.2. The molecule has 8 heteroatoms. The van der Waals surface area contributed by atoms with Gasteiger partial charge in [-0.15, -0.1) is 0 Å². The molecule has 0 atom stereocenters. The van der Waals surface area contributed by atoms with Crippen molar-refractivity contribution in [1.82, 2.24) is 9.66 Å². The second-order valence-electron chi connectivity index (χ2n) is 7.76. The summed E-state index contributed by atoms with van der Waals surface area (Å²) in [5.41, 5.74) is 2.34. The summed E-state index contributed by atoms with van der Waals surface area (Å²) in [5.74, 6) is 1.37. The fraction of sp³-hybridized carbons (Fsp3) is 0.192. The number of aromatic nitrogens is 2. The van der Waals surface area contributed by atoms with E-state index in [1.54, 1.807) is 12.3 Å². The topological polar surface area (TPSA) is 56.5 Å². The molecule has 0 radical (unpaired) electrons. The highest BCUT2D eigenvalue weighted by Crippen LogP contribution is 2.26. The van der Waals surface area contributed by atoms with Gasteiger partial charge in [0.2, 0.25) is 0 Å². The molecule has 0 fully saturated rings. The van der Waals surface area contributed by atoms with Crippen LogP contribution in [-0.4, -0.2) is 15.9 Å². The Hall–Kier alpha value is -2.48. The Balaban J connectivity index is 1.59. The van der Waals surface area contributed by atoms with Crippen LogP contribution in [0.4, 0.5) is 0 Å². The molecule has 0 saturated carbocycles. The van der Waals surface area contributed by atoms with E-state index >= 15 is 0 Å². The summed E-state index contributed by atoms with van der Waals surface area (Å²) in [6.07, 6.45) is 4.27. The molecule has 0 aliphatic carbocycles. The fourth-order valence-corrected chi connectivity index (χ4v) is 4.39. The zero-order chi connectivity index (χ0) is 24.1. The lowest BCUT2D eigenvalue weighted by Crippen LogP contribution is -2.22. The summed E-state index contributed by atoms with van der Waals surface area (Å²) in [4.78, 5) is 17.9. The first-order chi connectivity index (χ1) is 16.4. The molecule has 0 bridgehead atoms. The zero-order valence-corrected chi connectivity index (χ0v) is 22.4. The SMILES string of the molecule is CCCCc1nc2ccc(Br)cc2c(=O)n1N=Cc1ccc(OCc2ccc(Cl)cc2)c(Br)c1. The van der Waals surface area contributed by atoms with Gasteiger partial charge in [-0.1, -0.05) is 53.0 Å². The Bertz CT molecular complexity index is 1400. The molecule has 1 heterocycles. The number of rotatable bonds is 8. The molecule has 0 amide bonds. The first-order valence-corrected chi connectivity index (χ1v) is 12.8. The third-order valence-electron chi connectivity index (χ3n) is 5.22. The van der Waals surface area contributed by atoms with Crippen molar-refractivity contribution in [2.75, 3.05) is 0 Å². The first kappa shape index (κ1) is 24.6. The van der Waals surface area contributed by atoms with Crippen molar-refractivity contribution in [3.8, 4) is 5.75 Å². The zero-order valence-electron chi connectivity index (χ0n) is 18.5.